The minimum atomic E-state index is -0.129. The number of alkyl halides is 1. The quantitative estimate of drug-likeness (QED) is 0.547. The summed E-state index contributed by atoms with van der Waals surface area (Å²) in [7, 11) is 0. The van der Waals surface area contributed by atoms with E-state index in [-0.39, 0.29) is 11.7 Å². The molecule has 1 saturated heterocycles. The topological polar surface area (TPSA) is 21.8 Å². The third-order valence-electron chi connectivity index (χ3n) is 1.91. The summed E-state index contributed by atoms with van der Waals surface area (Å²) < 4.78 is 10.4. The first-order valence-electron chi connectivity index (χ1n) is 4.27. The van der Waals surface area contributed by atoms with Crippen molar-refractivity contribution in [1.29, 1.82) is 0 Å². The molecule has 0 saturated carbocycles. The first-order chi connectivity index (χ1) is 6.36. The van der Waals surface area contributed by atoms with Gasteiger partial charge in [-0.3, -0.25) is 0 Å². The maximum absolute atomic E-state index is 5.63. The summed E-state index contributed by atoms with van der Waals surface area (Å²) in [6, 6.07) is 10.0. The molecule has 1 fully saturated rings. The summed E-state index contributed by atoms with van der Waals surface area (Å²) in [6.07, 6.45) is 0.102. The van der Waals surface area contributed by atoms with Gasteiger partial charge >= 0.3 is 0 Å². The van der Waals surface area contributed by atoms with E-state index >= 15 is 0 Å². The molecule has 0 amide bonds. The molecule has 2 nitrogen and oxygen atoms in total. The molecule has 1 heterocycles. The van der Waals surface area contributed by atoms with Crippen LogP contribution in [0.5, 0.6) is 0 Å². The van der Waals surface area contributed by atoms with Crippen molar-refractivity contribution in [2.75, 3.05) is 6.61 Å². The molecule has 0 radical (unpaired) electrons. The van der Waals surface area contributed by atoms with Crippen LogP contribution in [0.25, 0.3) is 0 Å². The van der Waals surface area contributed by atoms with E-state index < -0.39 is 0 Å². The van der Waals surface area contributed by atoms with Gasteiger partial charge in [0.25, 0.3) is 0 Å². The molecule has 0 spiro atoms. The molecule has 70 valence electrons. The van der Waals surface area contributed by atoms with E-state index in [1.807, 2.05) is 30.3 Å². The van der Waals surface area contributed by atoms with Gasteiger partial charge in [0.05, 0.1) is 13.2 Å². The number of ether oxygens (including phenoxy) is 2. The van der Waals surface area contributed by atoms with E-state index in [2.05, 4.69) is 0 Å². The predicted molar refractivity (Wildman–Crippen MR) is 50.6 cm³/mol. The van der Waals surface area contributed by atoms with Crippen LogP contribution in [0.3, 0.4) is 0 Å². The van der Waals surface area contributed by atoms with Crippen LogP contribution >= 0.6 is 11.6 Å². The van der Waals surface area contributed by atoms with Crippen molar-refractivity contribution >= 4 is 11.6 Å². The zero-order valence-corrected chi connectivity index (χ0v) is 7.91. The number of halogens is 1. The Balaban J connectivity index is 1.68. The van der Waals surface area contributed by atoms with E-state index in [0.717, 1.165) is 0 Å². The number of benzene rings is 1. The Labute approximate surface area is 82.4 Å². The Kier molecular flexibility index (Phi) is 2.83. The minimum absolute atomic E-state index is 0.102. The van der Waals surface area contributed by atoms with Gasteiger partial charge in [0, 0.05) is 0 Å². The summed E-state index contributed by atoms with van der Waals surface area (Å²) >= 11 is 5.63. The monoisotopic (exact) mass is 198 g/mol. The third-order valence-corrected chi connectivity index (χ3v) is 2.30. The average molecular weight is 199 g/mol. The van der Waals surface area contributed by atoms with Crippen molar-refractivity contribution in [2.45, 2.75) is 18.3 Å². The summed E-state index contributed by atoms with van der Waals surface area (Å²) in [5, 5.41) is 0. The largest absolute Gasteiger partial charge is 0.374 e. The van der Waals surface area contributed by atoms with Crippen LogP contribution in [-0.4, -0.2) is 18.3 Å². The van der Waals surface area contributed by atoms with E-state index in [9.17, 15) is 0 Å². The van der Waals surface area contributed by atoms with Crippen LogP contribution in [0.15, 0.2) is 30.3 Å². The second-order valence-corrected chi connectivity index (χ2v) is 3.46. The van der Waals surface area contributed by atoms with Crippen molar-refractivity contribution in [3.05, 3.63) is 35.9 Å². The molecule has 2 atom stereocenters. The lowest BCUT2D eigenvalue weighted by molar-refractivity contribution is 0.104. The highest BCUT2D eigenvalue weighted by Crippen LogP contribution is 2.25. The Bertz CT molecular complexity index is 263. The van der Waals surface area contributed by atoms with E-state index in [1.165, 1.54) is 5.56 Å². The van der Waals surface area contributed by atoms with Crippen LogP contribution in [-0.2, 0) is 16.1 Å². The fourth-order valence-corrected chi connectivity index (χ4v) is 1.31. The number of hydrogen-bond acceptors (Lipinski definition) is 2. The third kappa shape index (κ3) is 2.69. The van der Waals surface area contributed by atoms with E-state index in [1.54, 1.807) is 0 Å². The lowest BCUT2D eigenvalue weighted by Gasteiger charge is -2.00. The second-order valence-electron chi connectivity index (χ2n) is 3.03. The molecular formula is C10H11ClO2. The van der Waals surface area contributed by atoms with Gasteiger partial charge in [-0.2, -0.15) is 0 Å². The first kappa shape index (κ1) is 9.00. The van der Waals surface area contributed by atoms with Gasteiger partial charge in [-0.1, -0.05) is 41.9 Å². The second kappa shape index (κ2) is 4.09. The van der Waals surface area contributed by atoms with Gasteiger partial charge in [-0.05, 0) is 5.56 Å². The van der Waals surface area contributed by atoms with Crippen molar-refractivity contribution in [1.82, 2.24) is 0 Å². The van der Waals surface area contributed by atoms with Crippen molar-refractivity contribution < 1.29 is 9.47 Å². The average Bonchev–Trinajstić information content (AvgIpc) is 2.84. The van der Waals surface area contributed by atoms with E-state index in [4.69, 9.17) is 21.1 Å². The molecule has 1 aliphatic rings. The first-order valence-corrected chi connectivity index (χ1v) is 4.71. The highest BCUT2D eigenvalue weighted by atomic mass is 35.5. The molecule has 0 aliphatic carbocycles. The molecule has 1 aromatic rings. The summed E-state index contributed by atoms with van der Waals surface area (Å²) in [4.78, 5) is 0. The van der Waals surface area contributed by atoms with Gasteiger partial charge in [0.2, 0.25) is 0 Å². The van der Waals surface area contributed by atoms with Crippen LogP contribution in [0.4, 0.5) is 0 Å². The molecule has 3 heteroatoms. The molecule has 2 unspecified atom stereocenters. The van der Waals surface area contributed by atoms with Crippen LogP contribution in [0.2, 0.25) is 0 Å². The molecule has 13 heavy (non-hydrogen) atoms. The predicted octanol–water partition coefficient (Wildman–Crippen LogP) is 2.17. The van der Waals surface area contributed by atoms with Crippen LogP contribution in [0.1, 0.15) is 5.56 Å². The lowest BCUT2D eigenvalue weighted by atomic mass is 10.2. The minimum Gasteiger partial charge on any atom is -0.374 e. The molecule has 0 aromatic heterocycles. The molecule has 0 N–H and O–H groups in total. The number of epoxide rings is 1. The Morgan fingerprint density at radius 2 is 2.00 bits per heavy atom. The van der Waals surface area contributed by atoms with Gasteiger partial charge < -0.3 is 9.47 Å². The van der Waals surface area contributed by atoms with Crippen LogP contribution in [0, 0.1) is 0 Å². The highest BCUT2D eigenvalue weighted by molar-refractivity contribution is 6.21. The lowest BCUT2D eigenvalue weighted by Crippen LogP contribution is -2.02. The van der Waals surface area contributed by atoms with E-state index in [0.29, 0.717) is 13.2 Å². The Morgan fingerprint density at radius 1 is 1.31 bits per heavy atom. The number of hydrogen-bond donors (Lipinski definition) is 0. The molecule has 0 bridgehead atoms. The smallest absolute Gasteiger partial charge is 0.160 e. The van der Waals surface area contributed by atoms with Gasteiger partial charge in [0.1, 0.15) is 6.10 Å². The maximum Gasteiger partial charge on any atom is 0.160 e. The molecule has 1 aliphatic heterocycles. The standard InChI is InChI=1S/C10H11ClO2/c11-10-9(13-10)7-12-6-8-4-2-1-3-5-8/h1-5,9-10H,6-7H2. The van der Waals surface area contributed by atoms with Gasteiger partial charge in [0.15, 0.2) is 5.56 Å². The van der Waals surface area contributed by atoms with Crippen molar-refractivity contribution in [2.24, 2.45) is 0 Å². The fraction of sp³-hybridized carbons (Fsp3) is 0.400. The Hall–Kier alpha value is -0.570. The van der Waals surface area contributed by atoms with Crippen molar-refractivity contribution in [3.63, 3.8) is 0 Å². The number of rotatable bonds is 4. The molecule has 1 aromatic carbocycles. The maximum atomic E-state index is 5.63. The fourth-order valence-electron chi connectivity index (χ4n) is 1.10. The van der Waals surface area contributed by atoms with Crippen molar-refractivity contribution in [3.8, 4) is 0 Å². The van der Waals surface area contributed by atoms with Gasteiger partial charge in [-0.25, -0.2) is 0 Å². The molecule has 2 rings (SSSR count). The van der Waals surface area contributed by atoms with Gasteiger partial charge in [-0.15, -0.1) is 0 Å². The van der Waals surface area contributed by atoms with Crippen LogP contribution < -0.4 is 0 Å². The SMILES string of the molecule is ClC1OC1COCc1ccccc1. The Morgan fingerprint density at radius 3 is 2.62 bits per heavy atom. The normalized spacial score (nSPS) is 25.9. The zero-order valence-electron chi connectivity index (χ0n) is 7.15. The highest BCUT2D eigenvalue weighted by Gasteiger charge is 2.36. The summed E-state index contributed by atoms with van der Waals surface area (Å²) in [6.45, 7) is 1.22. The zero-order chi connectivity index (χ0) is 9.10. The summed E-state index contributed by atoms with van der Waals surface area (Å²) in [5.41, 5.74) is 1.05. The summed E-state index contributed by atoms with van der Waals surface area (Å²) in [5.74, 6) is 0. The molecular weight excluding hydrogens is 188 g/mol.